The largest absolute Gasteiger partial charge is 0.457 e. The maximum absolute atomic E-state index is 6.01. The van der Waals surface area contributed by atoms with Gasteiger partial charge < -0.3 is 9.72 Å². The molecule has 1 heterocycles. The predicted octanol–water partition coefficient (Wildman–Crippen LogP) is 5.17. The van der Waals surface area contributed by atoms with Gasteiger partial charge in [-0.3, -0.25) is 5.01 Å². The number of aromatic amines is 1. The molecular formula is C20H17N3O. The number of hydrogen-bond donors (Lipinski definition) is 1. The fourth-order valence-electron chi connectivity index (χ4n) is 2.86. The standard InChI is InChI=1S/C20H17N3O/c1-21-23(2)14-6-5-7-15(12-14)24-16-10-11-18-17-8-3-4-9-19(17)22-20(18)13-16/h3-13,22H,1H2,2H3. The number of benzene rings is 3. The number of aromatic nitrogens is 1. The minimum Gasteiger partial charge on any atom is -0.457 e. The van der Waals surface area contributed by atoms with Crippen molar-refractivity contribution in [3.8, 4) is 11.5 Å². The Morgan fingerprint density at radius 2 is 1.67 bits per heavy atom. The van der Waals surface area contributed by atoms with Crippen molar-refractivity contribution < 1.29 is 4.74 Å². The van der Waals surface area contributed by atoms with Crippen molar-refractivity contribution in [1.29, 1.82) is 0 Å². The molecule has 0 spiro atoms. The fraction of sp³-hybridized carbons (Fsp3) is 0.0500. The molecule has 0 saturated carbocycles. The summed E-state index contributed by atoms with van der Waals surface area (Å²) in [5, 5.41) is 8.02. The molecule has 0 unspecified atom stereocenters. The summed E-state index contributed by atoms with van der Waals surface area (Å²) in [4.78, 5) is 3.43. The van der Waals surface area contributed by atoms with Crippen LogP contribution < -0.4 is 9.75 Å². The average molecular weight is 315 g/mol. The van der Waals surface area contributed by atoms with Crippen LogP contribution in [-0.2, 0) is 0 Å². The lowest BCUT2D eigenvalue weighted by atomic mass is 10.1. The summed E-state index contributed by atoms with van der Waals surface area (Å²) in [7, 11) is 1.85. The van der Waals surface area contributed by atoms with Gasteiger partial charge in [0.25, 0.3) is 0 Å². The summed E-state index contributed by atoms with van der Waals surface area (Å²) in [5.41, 5.74) is 3.12. The van der Waals surface area contributed by atoms with Crippen molar-refractivity contribution in [3.63, 3.8) is 0 Å². The third kappa shape index (κ3) is 2.48. The van der Waals surface area contributed by atoms with Crippen LogP contribution >= 0.6 is 0 Å². The molecule has 3 aromatic carbocycles. The first-order chi connectivity index (χ1) is 11.7. The van der Waals surface area contributed by atoms with E-state index in [1.807, 2.05) is 49.5 Å². The maximum atomic E-state index is 6.01. The van der Waals surface area contributed by atoms with Gasteiger partial charge >= 0.3 is 0 Å². The lowest BCUT2D eigenvalue weighted by Gasteiger charge is -2.13. The molecule has 0 amide bonds. The Kier molecular flexibility index (Phi) is 3.43. The van der Waals surface area contributed by atoms with E-state index in [9.17, 15) is 0 Å². The van der Waals surface area contributed by atoms with Crippen LogP contribution in [0, 0.1) is 0 Å². The maximum Gasteiger partial charge on any atom is 0.129 e. The number of nitrogens with one attached hydrogen (secondary N) is 1. The Balaban J connectivity index is 1.70. The minimum absolute atomic E-state index is 0.762. The molecular weight excluding hydrogens is 298 g/mol. The van der Waals surface area contributed by atoms with Gasteiger partial charge in [-0.05, 0) is 30.3 Å². The molecule has 0 radical (unpaired) electrons. The van der Waals surface area contributed by atoms with Gasteiger partial charge in [0, 0.05) is 42.2 Å². The molecule has 1 aromatic heterocycles. The highest BCUT2D eigenvalue weighted by Crippen LogP contribution is 2.31. The van der Waals surface area contributed by atoms with E-state index >= 15 is 0 Å². The monoisotopic (exact) mass is 315 g/mol. The molecule has 0 saturated heterocycles. The quantitative estimate of drug-likeness (QED) is 0.417. The van der Waals surface area contributed by atoms with Crippen molar-refractivity contribution >= 4 is 34.2 Å². The molecule has 4 nitrogen and oxygen atoms in total. The molecule has 24 heavy (non-hydrogen) atoms. The Bertz CT molecular complexity index is 1040. The zero-order valence-electron chi connectivity index (χ0n) is 13.4. The fourth-order valence-corrected chi connectivity index (χ4v) is 2.86. The van der Waals surface area contributed by atoms with E-state index in [4.69, 9.17) is 4.74 Å². The van der Waals surface area contributed by atoms with Gasteiger partial charge in [-0.2, -0.15) is 5.10 Å². The molecule has 0 fully saturated rings. The number of fused-ring (bicyclic) bond motifs is 3. The number of hydrazone groups is 1. The highest BCUT2D eigenvalue weighted by atomic mass is 16.5. The van der Waals surface area contributed by atoms with E-state index in [0.29, 0.717) is 0 Å². The second-order valence-corrected chi connectivity index (χ2v) is 5.64. The summed E-state index contributed by atoms with van der Waals surface area (Å²) >= 11 is 0. The lowest BCUT2D eigenvalue weighted by molar-refractivity contribution is 0.483. The smallest absolute Gasteiger partial charge is 0.129 e. The van der Waals surface area contributed by atoms with Crippen LogP contribution in [0.25, 0.3) is 21.8 Å². The van der Waals surface area contributed by atoms with Gasteiger partial charge in [-0.25, -0.2) is 0 Å². The van der Waals surface area contributed by atoms with E-state index in [0.717, 1.165) is 28.2 Å². The highest BCUT2D eigenvalue weighted by Gasteiger charge is 2.06. The third-order valence-electron chi connectivity index (χ3n) is 4.12. The SMILES string of the molecule is C=NN(C)c1cccc(Oc2ccc3c(c2)[nH]c2ccccc23)c1. The molecule has 0 aliphatic carbocycles. The van der Waals surface area contributed by atoms with Crippen LogP contribution in [0.15, 0.2) is 71.8 Å². The molecule has 1 N–H and O–H groups in total. The van der Waals surface area contributed by atoms with Crippen molar-refractivity contribution in [2.24, 2.45) is 5.10 Å². The Morgan fingerprint density at radius 3 is 2.54 bits per heavy atom. The molecule has 4 heteroatoms. The number of hydrogen-bond acceptors (Lipinski definition) is 3. The molecule has 118 valence electrons. The number of anilines is 1. The van der Waals surface area contributed by atoms with E-state index in [1.54, 1.807) is 5.01 Å². The second kappa shape index (κ2) is 5.74. The predicted molar refractivity (Wildman–Crippen MR) is 100 cm³/mol. The summed E-state index contributed by atoms with van der Waals surface area (Å²) in [6.07, 6.45) is 0. The summed E-state index contributed by atoms with van der Waals surface area (Å²) in [6.45, 7) is 3.54. The molecule has 4 aromatic rings. The second-order valence-electron chi connectivity index (χ2n) is 5.64. The van der Waals surface area contributed by atoms with Gasteiger partial charge in [0.15, 0.2) is 0 Å². The Hall–Kier alpha value is -3.27. The Labute approximate surface area is 140 Å². The molecule has 0 aliphatic heterocycles. The van der Waals surface area contributed by atoms with E-state index in [2.05, 4.69) is 41.1 Å². The first-order valence-electron chi connectivity index (χ1n) is 7.73. The van der Waals surface area contributed by atoms with Gasteiger partial charge in [-0.1, -0.05) is 24.3 Å². The number of rotatable bonds is 4. The highest BCUT2D eigenvalue weighted by molar-refractivity contribution is 6.07. The minimum atomic E-state index is 0.762. The summed E-state index contributed by atoms with van der Waals surface area (Å²) in [6, 6.07) is 22.2. The first-order valence-corrected chi connectivity index (χ1v) is 7.73. The van der Waals surface area contributed by atoms with Crippen LogP contribution in [-0.4, -0.2) is 18.7 Å². The zero-order chi connectivity index (χ0) is 16.5. The number of H-pyrrole nitrogens is 1. The topological polar surface area (TPSA) is 40.6 Å². The molecule has 0 aliphatic rings. The number of nitrogens with zero attached hydrogens (tertiary/aromatic N) is 2. The number of para-hydroxylation sites is 1. The van der Waals surface area contributed by atoms with Crippen molar-refractivity contribution in [2.75, 3.05) is 12.1 Å². The molecule has 0 atom stereocenters. The van der Waals surface area contributed by atoms with Crippen LogP contribution in [0.1, 0.15) is 0 Å². The summed E-state index contributed by atoms with van der Waals surface area (Å²) in [5.74, 6) is 1.55. The summed E-state index contributed by atoms with van der Waals surface area (Å²) < 4.78 is 6.01. The van der Waals surface area contributed by atoms with Gasteiger partial charge in [0.2, 0.25) is 0 Å². The Morgan fingerprint density at radius 1 is 0.875 bits per heavy atom. The average Bonchev–Trinajstić information content (AvgIpc) is 2.99. The van der Waals surface area contributed by atoms with Gasteiger partial charge in [0.1, 0.15) is 11.5 Å². The first kappa shape index (κ1) is 14.3. The van der Waals surface area contributed by atoms with E-state index in [-0.39, 0.29) is 0 Å². The lowest BCUT2D eigenvalue weighted by Crippen LogP contribution is -2.06. The third-order valence-corrected chi connectivity index (χ3v) is 4.12. The van der Waals surface area contributed by atoms with Crippen LogP contribution in [0.5, 0.6) is 11.5 Å². The normalized spacial score (nSPS) is 10.9. The van der Waals surface area contributed by atoms with Gasteiger partial charge in [-0.15, -0.1) is 0 Å². The van der Waals surface area contributed by atoms with Crippen molar-refractivity contribution in [1.82, 2.24) is 4.98 Å². The van der Waals surface area contributed by atoms with Crippen LogP contribution in [0.3, 0.4) is 0 Å². The zero-order valence-corrected chi connectivity index (χ0v) is 13.4. The van der Waals surface area contributed by atoms with Crippen molar-refractivity contribution in [3.05, 3.63) is 66.7 Å². The van der Waals surface area contributed by atoms with Crippen molar-refractivity contribution in [2.45, 2.75) is 0 Å². The molecule has 4 rings (SSSR count). The van der Waals surface area contributed by atoms with E-state index < -0.39 is 0 Å². The molecule has 0 bridgehead atoms. The van der Waals surface area contributed by atoms with E-state index in [1.165, 1.54) is 10.8 Å². The van der Waals surface area contributed by atoms with Gasteiger partial charge in [0.05, 0.1) is 11.2 Å². The van der Waals surface area contributed by atoms with Crippen LogP contribution in [0.2, 0.25) is 0 Å². The number of ether oxygens (including phenoxy) is 1. The van der Waals surface area contributed by atoms with Crippen LogP contribution in [0.4, 0.5) is 5.69 Å².